The molecule has 1 N–H and O–H groups in total. The van der Waals surface area contributed by atoms with Crippen LogP contribution < -0.4 is 4.90 Å². The first-order valence-corrected chi connectivity index (χ1v) is 7.38. The first-order chi connectivity index (χ1) is 9.66. The second-order valence-electron chi connectivity index (χ2n) is 4.94. The van der Waals surface area contributed by atoms with E-state index in [9.17, 15) is 0 Å². The highest BCUT2D eigenvalue weighted by molar-refractivity contribution is 7.18. The van der Waals surface area contributed by atoms with Crippen molar-refractivity contribution in [2.45, 2.75) is 20.3 Å². The molecule has 0 saturated carbocycles. The number of hydrogen-bond donors (Lipinski definition) is 1. The molecule has 3 aromatic heterocycles. The first-order valence-electron chi connectivity index (χ1n) is 6.56. The minimum Gasteiger partial charge on any atom is -0.359 e. The topological polar surface area (TPSA) is 57.7 Å². The predicted molar refractivity (Wildman–Crippen MR) is 82.5 cm³/mol. The van der Waals surface area contributed by atoms with Crippen molar-refractivity contribution >= 4 is 27.4 Å². The van der Waals surface area contributed by atoms with Gasteiger partial charge in [0.2, 0.25) is 0 Å². The Bertz CT molecular complexity index is 717. The number of nitrogens with zero attached hydrogens (tertiary/aromatic N) is 4. The fourth-order valence-corrected chi connectivity index (χ4v) is 3.26. The minimum absolute atomic E-state index is 0.903. The quantitative estimate of drug-likeness (QED) is 0.801. The fourth-order valence-electron chi connectivity index (χ4n) is 2.27. The van der Waals surface area contributed by atoms with Gasteiger partial charge in [-0.1, -0.05) is 0 Å². The van der Waals surface area contributed by atoms with Crippen LogP contribution in [0.4, 0.5) is 5.82 Å². The SMILES string of the molecule is Cc1sc2ncnc(N(C)CCc3cn[nH]c3)c2c1C. The van der Waals surface area contributed by atoms with E-state index in [2.05, 4.69) is 46.0 Å². The number of aromatic nitrogens is 4. The van der Waals surface area contributed by atoms with E-state index in [0.717, 1.165) is 23.6 Å². The number of rotatable bonds is 4. The van der Waals surface area contributed by atoms with Gasteiger partial charge in [0.25, 0.3) is 0 Å². The maximum atomic E-state index is 4.48. The lowest BCUT2D eigenvalue weighted by Gasteiger charge is -2.18. The normalized spacial score (nSPS) is 11.2. The summed E-state index contributed by atoms with van der Waals surface area (Å²) in [5.74, 6) is 1.01. The molecule has 3 heterocycles. The molecule has 0 spiro atoms. The molecule has 0 radical (unpaired) electrons. The maximum absolute atomic E-state index is 4.48. The molecule has 0 aliphatic carbocycles. The van der Waals surface area contributed by atoms with Crippen LogP contribution in [-0.4, -0.2) is 33.8 Å². The maximum Gasteiger partial charge on any atom is 0.140 e. The summed E-state index contributed by atoms with van der Waals surface area (Å²) < 4.78 is 0. The third-order valence-corrected chi connectivity index (χ3v) is 4.71. The lowest BCUT2D eigenvalue weighted by Crippen LogP contribution is -2.21. The van der Waals surface area contributed by atoms with E-state index in [1.165, 1.54) is 21.4 Å². The van der Waals surface area contributed by atoms with Crippen molar-refractivity contribution in [2.24, 2.45) is 0 Å². The van der Waals surface area contributed by atoms with Crippen molar-refractivity contribution in [1.82, 2.24) is 20.2 Å². The Labute approximate surface area is 121 Å². The molecule has 3 rings (SSSR count). The van der Waals surface area contributed by atoms with Gasteiger partial charge in [-0.25, -0.2) is 9.97 Å². The van der Waals surface area contributed by atoms with Crippen molar-refractivity contribution in [1.29, 1.82) is 0 Å². The van der Waals surface area contributed by atoms with E-state index < -0.39 is 0 Å². The molecule has 6 heteroatoms. The molecule has 0 aliphatic rings. The molecule has 5 nitrogen and oxygen atoms in total. The third-order valence-electron chi connectivity index (χ3n) is 3.60. The number of nitrogens with one attached hydrogen (secondary N) is 1. The molecule has 0 aliphatic heterocycles. The van der Waals surface area contributed by atoms with Gasteiger partial charge in [-0.05, 0) is 31.4 Å². The first kappa shape index (κ1) is 13.1. The van der Waals surface area contributed by atoms with Gasteiger partial charge in [-0.2, -0.15) is 5.10 Å². The molecular formula is C14H17N5S. The molecule has 0 fully saturated rings. The second kappa shape index (κ2) is 5.20. The summed E-state index contributed by atoms with van der Waals surface area (Å²) >= 11 is 1.73. The van der Waals surface area contributed by atoms with Crippen LogP contribution >= 0.6 is 11.3 Å². The van der Waals surface area contributed by atoms with Crippen LogP contribution in [0.15, 0.2) is 18.7 Å². The number of thiophene rings is 1. The van der Waals surface area contributed by atoms with Gasteiger partial charge in [-0.15, -0.1) is 11.3 Å². The van der Waals surface area contributed by atoms with Gasteiger partial charge in [-0.3, -0.25) is 5.10 Å². The van der Waals surface area contributed by atoms with Crippen molar-refractivity contribution in [2.75, 3.05) is 18.5 Å². The van der Waals surface area contributed by atoms with Crippen molar-refractivity contribution in [3.8, 4) is 0 Å². The van der Waals surface area contributed by atoms with Crippen LogP contribution in [0.1, 0.15) is 16.0 Å². The third kappa shape index (κ3) is 2.27. The zero-order valence-electron chi connectivity index (χ0n) is 11.8. The number of aromatic amines is 1. The smallest absolute Gasteiger partial charge is 0.140 e. The van der Waals surface area contributed by atoms with Crippen LogP contribution in [0.5, 0.6) is 0 Å². The standard InChI is InChI=1S/C14H17N5S/c1-9-10(2)20-14-12(9)13(15-8-16-14)19(3)5-4-11-6-17-18-7-11/h6-8H,4-5H2,1-3H3,(H,17,18). The molecule has 3 aromatic rings. The van der Waals surface area contributed by atoms with Gasteiger partial charge in [0.1, 0.15) is 17.0 Å². The van der Waals surface area contributed by atoms with E-state index in [1.807, 2.05) is 12.4 Å². The van der Waals surface area contributed by atoms with Gasteiger partial charge >= 0.3 is 0 Å². The Kier molecular flexibility index (Phi) is 3.40. The molecular weight excluding hydrogens is 270 g/mol. The number of H-pyrrole nitrogens is 1. The fraction of sp³-hybridized carbons (Fsp3) is 0.357. The molecule has 104 valence electrons. The van der Waals surface area contributed by atoms with Gasteiger partial charge in [0, 0.05) is 24.7 Å². The predicted octanol–water partition coefficient (Wildman–Crippen LogP) is 2.71. The van der Waals surface area contributed by atoms with E-state index in [0.29, 0.717) is 0 Å². The number of aryl methyl sites for hydroxylation is 2. The second-order valence-corrected chi connectivity index (χ2v) is 6.14. The summed E-state index contributed by atoms with van der Waals surface area (Å²) in [4.78, 5) is 13.4. The minimum atomic E-state index is 0.903. The highest BCUT2D eigenvalue weighted by Crippen LogP contribution is 2.33. The van der Waals surface area contributed by atoms with Crippen LogP contribution in [0.2, 0.25) is 0 Å². The Balaban J connectivity index is 1.89. The van der Waals surface area contributed by atoms with Gasteiger partial charge in [0.05, 0.1) is 11.6 Å². The van der Waals surface area contributed by atoms with E-state index in [4.69, 9.17) is 0 Å². The van der Waals surface area contributed by atoms with Crippen LogP contribution in [0, 0.1) is 13.8 Å². The van der Waals surface area contributed by atoms with Crippen LogP contribution in [0.25, 0.3) is 10.2 Å². The van der Waals surface area contributed by atoms with E-state index in [1.54, 1.807) is 17.7 Å². The summed E-state index contributed by atoms with van der Waals surface area (Å²) in [6, 6.07) is 0. The van der Waals surface area contributed by atoms with Gasteiger partial charge < -0.3 is 4.90 Å². The summed E-state index contributed by atoms with van der Waals surface area (Å²) in [5, 5.41) is 8.00. The zero-order valence-corrected chi connectivity index (χ0v) is 12.7. The molecule has 0 atom stereocenters. The number of likely N-dealkylation sites (N-methyl/N-ethyl adjacent to an activating group) is 1. The highest BCUT2D eigenvalue weighted by atomic mass is 32.1. The Morgan fingerprint density at radius 1 is 1.30 bits per heavy atom. The lowest BCUT2D eigenvalue weighted by molar-refractivity contribution is 0.862. The Morgan fingerprint density at radius 2 is 2.15 bits per heavy atom. The number of fused-ring (bicyclic) bond motifs is 1. The summed E-state index contributed by atoms with van der Waals surface area (Å²) in [6.45, 7) is 5.18. The number of anilines is 1. The highest BCUT2D eigenvalue weighted by Gasteiger charge is 2.14. The average molecular weight is 287 g/mol. The van der Waals surface area contributed by atoms with Crippen LogP contribution in [-0.2, 0) is 6.42 Å². The molecule has 0 amide bonds. The van der Waals surface area contributed by atoms with E-state index in [-0.39, 0.29) is 0 Å². The van der Waals surface area contributed by atoms with Crippen molar-refractivity contribution in [3.63, 3.8) is 0 Å². The monoisotopic (exact) mass is 287 g/mol. The molecule has 0 bridgehead atoms. The lowest BCUT2D eigenvalue weighted by atomic mass is 10.2. The van der Waals surface area contributed by atoms with E-state index >= 15 is 0 Å². The Morgan fingerprint density at radius 3 is 2.90 bits per heavy atom. The summed E-state index contributed by atoms with van der Waals surface area (Å²) in [7, 11) is 2.08. The Hall–Kier alpha value is -1.95. The molecule has 20 heavy (non-hydrogen) atoms. The van der Waals surface area contributed by atoms with Crippen molar-refractivity contribution < 1.29 is 0 Å². The average Bonchev–Trinajstić information content (AvgIpc) is 3.05. The zero-order chi connectivity index (χ0) is 14.1. The molecule has 0 saturated heterocycles. The summed E-state index contributed by atoms with van der Waals surface area (Å²) in [5.41, 5.74) is 2.50. The van der Waals surface area contributed by atoms with Crippen molar-refractivity contribution in [3.05, 3.63) is 34.7 Å². The summed E-state index contributed by atoms with van der Waals surface area (Å²) in [6.07, 6.45) is 6.40. The molecule has 0 unspecified atom stereocenters. The molecule has 0 aromatic carbocycles. The number of hydrogen-bond acceptors (Lipinski definition) is 5. The van der Waals surface area contributed by atoms with Crippen LogP contribution in [0.3, 0.4) is 0 Å². The van der Waals surface area contributed by atoms with Gasteiger partial charge in [0.15, 0.2) is 0 Å². The largest absolute Gasteiger partial charge is 0.359 e.